The lowest BCUT2D eigenvalue weighted by atomic mass is 9.83. The molecule has 2 aliphatic rings. The molecule has 1 unspecified atom stereocenters. The molecule has 0 spiro atoms. The summed E-state index contributed by atoms with van der Waals surface area (Å²) in [6.07, 6.45) is 25.3. The molecule has 7 rings (SSSR count). The number of nitrogens with one attached hydrogen (secondary N) is 1. The number of anilines is 3. The first-order chi connectivity index (χ1) is 29.5. The monoisotopic (exact) mass is 803 g/mol. The fraction of sp³-hybridized carbons (Fsp3) is 0.232. The maximum absolute atomic E-state index is 9.69. The molecule has 5 aromatic rings. The van der Waals surface area contributed by atoms with Crippen LogP contribution in [0.15, 0.2) is 173 Å². The third kappa shape index (κ3) is 8.91. The summed E-state index contributed by atoms with van der Waals surface area (Å²) in [4.78, 5) is 2.28. The van der Waals surface area contributed by atoms with E-state index in [1.54, 1.807) is 0 Å². The van der Waals surface area contributed by atoms with Gasteiger partial charge in [0.05, 0.1) is 28.7 Å². The number of allylic oxidation sites excluding steroid dienone is 12. The highest BCUT2D eigenvalue weighted by molar-refractivity contribution is 6.11. The predicted octanol–water partition coefficient (Wildman–Crippen LogP) is 15.5. The van der Waals surface area contributed by atoms with E-state index in [4.69, 9.17) is 9.15 Å². The molecule has 0 radical (unpaired) electrons. The Morgan fingerprint density at radius 2 is 1.69 bits per heavy atom. The van der Waals surface area contributed by atoms with Gasteiger partial charge in [0.15, 0.2) is 5.58 Å². The number of hydrogen-bond acceptors (Lipinski definition) is 5. The summed E-state index contributed by atoms with van der Waals surface area (Å²) < 4.78 is 13.3. The minimum absolute atomic E-state index is 0.346. The lowest BCUT2D eigenvalue weighted by Crippen LogP contribution is -2.26. The van der Waals surface area contributed by atoms with Gasteiger partial charge in [0.2, 0.25) is 0 Å². The third-order valence-corrected chi connectivity index (χ3v) is 12.0. The smallest absolute Gasteiger partial charge is 0.159 e. The molecule has 5 heteroatoms. The normalized spacial score (nSPS) is 17.7. The molecule has 308 valence electrons. The molecular formula is C56H57N3O2. The van der Waals surface area contributed by atoms with Crippen molar-refractivity contribution in [1.82, 2.24) is 5.32 Å². The summed E-state index contributed by atoms with van der Waals surface area (Å²) in [6.45, 7) is 23.1. The summed E-state index contributed by atoms with van der Waals surface area (Å²) in [5.41, 5.74) is 13.8. The van der Waals surface area contributed by atoms with Crippen molar-refractivity contribution in [2.24, 2.45) is 11.3 Å². The average molecular weight is 804 g/mol. The molecule has 1 N–H and O–H groups in total. The van der Waals surface area contributed by atoms with Crippen molar-refractivity contribution in [3.8, 4) is 6.07 Å². The Hall–Kier alpha value is -6.77. The molecular weight excluding hydrogens is 747 g/mol. The van der Waals surface area contributed by atoms with Crippen LogP contribution in [-0.2, 0) is 11.2 Å². The number of aryl methyl sites for hydroxylation is 1. The predicted molar refractivity (Wildman–Crippen MR) is 257 cm³/mol. The summed E-state index contributed by atoms with van der Waals surface area (Å²) in [5, 5.41) is 15.7. The van der Waals surface area contributed by atoms with Gasteiger partial charge in [-0.25, -0.2) is 0 Å². The maximum atomic E-state index is 9.69. The average Bonchev–Trinajstić information content (AvgIpc) is 3.66. The highest BCUT2D eigenvalue weighted by Crippen LogP contribution is 2.46. The van der Waals surface area contributed by atoms with E-state index in [1.807, 2.05) is 50.3 Å². The number of nitriles is 1. The third-order valence-electron chi connectivity index (χ3n) is 12.0. The molecule has 0 saturated carbocycles. The fourth-order valence-corrected chi connectivity index (χ4v) is 8.21. The molecule has 5 nitrogen and oxygen atoms in total. The first kappa shape index (κ1) is 42.4. The van der Waals surface area contributed by atoms with Gasteiger partial charge < -0.3 is 19.4 Å². The number of fused-ring (bicyclic) bond motifs is 4. The molecule has 61 heavy (non-hydrogen) atoms. The van der Waals surface area contributed by atoms with Crippen molar-refractivity contribution in [1.29, 1.82) is 5.26 Å². The van der Waals surface area contributed by atoms with Crippen LogP contribution >= 0.6 is 0 Å². The molecule has 0 amide bonds. The van der Waals surface area contributed by atoms with E-state index in [0.29, 0.717) is 17.2 Å². The number of benzene rings is 4. The Kier molecular flexibility index (Phi) is 12.7. The van der Waals surface area contributed by atoms with Gasteiger partial charge in [-0.3, -0.25) is 0 Å². The topological polar surface area (TPSA) is 61.4 Å². The van der Waals surface area contributed by atoms with E-state index in [-0.39, 0.29) is 5.41 Å². The van der Waals surface area contributed by atoms with E-state index in [2.05, 4.69) is 161 Å². The second kappa shape index (κ2) is 18.2. The standard InChI is InChI=1S/C56H57N3O2/c1-10-13-18-41(16-11-2)35-52(60-40(7)37(4)12-3)39(6)58-53-31-25-42-24-29-46-49(34-42)44(32-33-56(53,8)9)26-30-50(46)59(45-27-22-43(36-57)23-28-45)51-21-15-20-48-47-19-14-17-38(5)54(47)61-55(48)51/h10-15,17,19-33,41,58H,2,7,16,18,34-35H2,1,3-6,8-9H3/b13-10-,33-32-,37-12-,42-25-,52-39-,53-31+. The van der Waals surface area contributed by atoms with Crippen LogP contribution in [0.3, 0.4) is 0 Å². The van der Waals surface area contributed by atoms with Gasteiger partial charge in [0, 0.05) is 39.6 Å². The minimum atomic E-state index is -0.365. The van der Waals surface area contributed by atoms with Crippen LogP contribution < -0.4 is 10.2 Å². The van der Waals surface area contributed by atoms with Gasteiger partial charge in [-0.2, -0.15) is 5.26 Å². The first-order valence-electron chi connectivity index (χ1n) is 21.3. The number of para-hydroxylation sites is 2. The lowest BCUT2D eigenvalue weighted by Gasteiger charge is -2.31. The molecule has 0 fully saturated rings. The molecule has 4 aromatic carbocycles. The van der Waals surface area contributed by atoms with Crippen molar-refractivity contribution in [3.63, 3.8) is 0 Å². The van der Waals surface area contributed by atoms with Gasteiger partial charge in [-0.05, 0) is 130 Å². The molecule has 0 aliphatic heterocycles. The second-order valence-electron chi connectivity index (χ2n) is 16.7. The zero-order valence-electron chi connectivity index (χ0n) is 36.7. The van der Waals surface area contributed by atoms with E-state index in [1.165, 1.54) is 16.7 Å². The molecule has 2 aliphatic carbocycles. The van der Waals surface area contributed by atoms with Crippen molar-refractivity contribution < 1.29 is 9.15 Å². The molecule has 1 heterocycles. The van der Waals surface area contributed by atoms with E-state index >= 15 is 0 Å². The van der Waals surface area contributed by atoms with Crippen LogP contribution in [0.4, 0.5) is 17.1 Å². The lowest BCUT2D eigenvalue weighted by molar-refractivity contribution is 0.272. The summed E-state index contributed by atoms with van der Waals surface area (Å²) in [5.74, 6) is 1.89. The maximum Gasteiger partial charge on any atom is 0.159 e. The van der Waals surface area contributed by atoms with Gasteiger partial charge in [0.1, 0.15) is 17.1 Å². The van der Waals surface area contributed by atoms with Crippen molar-refractivity contribution in [3.05, 3.63) is 196 Å². The van der Waals surface area contributed by atoms with E-state index < -0.39 is 0 Å². The van der Waals surface area contributed by atoms with Crippen LogP contribution in [0.1, 0.15) is 88.6 Å². The number of hydrogen-bond donors (Lipinski definition) is 1. The Labute approximate surface area is 362 Å². The fourth-order valence-electron chi connectivity index (χ4n) is 8.21. The summed E-state index contributed by atoms with van der Waals surface area (Å²) >= 11 is 0. The van der Waals surface area contributed by atoms with E-state index in [9.17, 15) is 5.26 Å². The van der Waals surface area contributed by atoms with Gasteiger partial charge in [-0.1, -0.05) is 112 Å². The van der Waals surface area contributed by atoms with Gasteiger partial charge >= 0.3 is 0 Å². The molecule has 2 bridgehead atoms. The van der Waals surface area contributed by atoms with Crippen molar-refractivity contribution in [2.75, 3.05) is 4.90 Å². The van der Waals surface area contributed by atoms with Gasteiger partial charge in [-0.15, -0.1) is 6.58 Å². The van der Waals surface area contributed by atoms with E-state index in [0.717, 1.165) is 98.5 Å². The second-order valence-corrected chi connectivity index (χ2v) is 16.7. The Morgan fingerprint density at radius 1 is 0.934 bits per heavy atom. The van der Waals surface area contributed by atoms with Crippen LogP contribution in [0.2, 0.25) is 0 Å². The molecule has 1 aromatic heterocycles. The van der Waals surface area contributed by atoms with Crippen LogP contribution in [0.25, 0.3) is 34.1 Å². The van der Waals surface area contributed by atoms with Crippen molar-refractivity contribution in [2.45, 2.75) is 74.1 Å². The largest absolute Gasteiger partial charge is 0.460 e. The molecule has 1 atom stereocenters. The SMILES string of the molecule is C=CCC(C/C=C\C)C/C(OC(=C)/C(C)=C\C)=C(\C)N/C1=C/C=C2/C=Cc3c(N(c4ccc(C#N)cc4)c4cccc5c4oc4c(C)cccc45)ccc(c3C2)/C=C\C1(C)C. The summed E-state index contributed by atoms with van der Waals surface area (Å²) in [7, 11) is 0. The number of rotatable bonds is 14. The number of nitrogens with zero attached hydrogens (tertiary/aromatic N) is 2. The molecule has 0 saturated heterocycles. The highest BCUT2D eigenvalue weighted by atomic mass is 16.5. The van der Waals surface area contributed by atoms with Crippen molar-refractivity contribution >= 4 is 51.2 Å². The van der Waals surface area contributed by atoms with Crippen LogP contribution in [0.5, 0.6) is 0 Å². The van der Waals surface area contributed by atoms with Gasteiger partial charge in [0.25, 0.3) is 0 Å². The first-order valence-corrected chi connectivity index (χ1v) is 21.3. The zero-order chi connectivity index (χ0) is 43.3. The summed E-state index contributed by atoms with van der Waals surface area (Å²) in [6, 6.07) is 27.2. The van der Waals surface area contributed by atoms with Crippen LogP contribution in [0, 0.1) is 29.6 Å². The highest BCUT2D eigenvalue weighted by Gasteiger charge is 2.27. The number of furan rings is 1. The quantitative estimate of drug-likeness (QED) is 0.0688. The Bertz CT molecular complexity index is 2770. The minimum Gasteiger partial charge on any atom is -0.460 e. The zero-order valence-corrected chi connectivity index (χ0v) is 36.7. The Morgan fingerprint density at radius 3 is 2.41 bits per heavy atom. The van der Waals surface area contributed by atoms with Crippen LogP contribution in [-0.4, -0.2) is 0 Å². The Balaban J connectivity index is 1.32. The number of ether oxygens (including phenoxy) is 1.